The Bertz CT molecular complexity index is 832. The van der Waals surface area contributed by atoms with Crippen LogP contribution in [0.3, 0.4) is 0 Å². The summed E-state index contributed by atoms with van der Waals surface area (Å²) in [6, 6.07) is 0.145. The van der Waals surface area contributed by atoms with E-state index < -0.39 is 28.8 Å². The van der Waals surface area contributed by atoms with E-state index in [2.05, 4.69) is 10.6 Å². The molecular weight excluding hydrogens is 386 g/mol. The van der Waals surface area contributed by atoms with Gasteiger partial charge in [0.25, 0.3) is 11.8 Å². The van der Waals surface area contributed by atoms with Crippen molar-refractivity contribution in [2.45, 2.75) is 77.8 Å². The monoisotopic (exact) mass is 419 g/mol. The number of rotatable bonds is 7. The largest absolute Gasteiger partial charge is 0.466 e. The van der Waals surface area contributed by atoms with Gasteiger partial charge >= 0.3 is 5.97 Å². The molecule has 2 rings (SSSR count). The first-order valence-corrected chi connectivity index (χ1v) is 10.6. The van der Waals surface area contributed by atoms with Gasteiger partial charge in [-0.25, -0.2) is 0 Å². The predicted molar refractivity (Wildman–Crippen MR) is 114 cm³/mol. The molecule has 8 heteroatoms. The number of hydrogen-bond acceptors (Lipinski definition) is 5. The van der Waals surface area contributed by atoms with Gasteiger partial charge in [0.05, 0.1) is 13.0 Å². The molecule has 1 saturated carbocycles. The van der Waals surface area contributed by atoms with E-state index in [1.807, 2.05) is 25.3 Å². The second-order valence-corrected chi connectivity index (χ2v) is 8.67. The Labute approximate surface area is 177 Å². The van der Waals surface area contributed by atoms with Crippen molar-refractivity contribution in [1.82, 2.24) is 15.2 Å². The fourth-order valence-electron chi connectivity index (χ4n) is 3.53. The van der Waals surface area contributed by atoms with E-state index in [1.54, 1.807) is 13.1 Å². The molecule has 1 aliphatic carbocycles. The lowest BCUT2D eigenvalue weighted by Gasteiger charge is -2.26. The van der Waals surface area contributed by atoms with Crippen LogP contribution in [0.2, 0.25) is 0 Å². The number of aromatic nitrogens is 1. The van der Waals surface area contributed by atoms with Crippen molar-refractivity contribution in [3.63, 3.8) is 0 Å². The molecule has 0 unspecified atom stereocenters. The number of pyridine rings is 1. The molecule has 8 nitrogen and oxygen atoms in total. The maximum atomic E-state index is 12.9. The topological polar surface area (TPSA) is 106 Å². The number of esters is 1. The summed E-state index contributed by atoms with van der Waals surface area (Å²) < 4.78 is 6.67. The van der Waals surface area contributed by atoms with Gasteiger partial charge in [-0.15, -0.1) is 0 Å². The maximum Gasteiger partial charge on any atom is 0.307 e. The molecular formula is C22H33N3O5. The first-order chi connectivity index (χ1) is 14.1. The van der Waals surface area contributed by atoms with Gasteiger partial charge in [-0.2, -0.15) is 0 Å². The van der Waals surface area contributed by atoms with Gasteiger partial charge in [0.2, 0.25) is 5.43 Å². The van der Waals surface area contributed by atoms with Crippen molar-refractivity contribution in [2.24, 2.45) is 0 Å². The minimum Gasteiger partial charge on any atom is -0.466 e. The molecule has 1 heterocycles. The smallest absolute Gasteiger partial charge is 0.307 e. The Morgan fingerprint density at radius 3 is 2.23 bits per heavy atom. The van der Waals surface area contributed by atoms with E-state index in [4.69, 9.17) is 4.74 Å². The van der Waals surface area contributed by atoms with Gasteiger partial charge in [0.1, 0.15) is 11.1 Å². The molecule has 1 aromatic rings. The number of hydrogen-bond donors (Lipinski definition) is 2. The molecule has 0 bridgehead atoms. The SMILES string of the molecule is CCOC(=O)CCNC(=O)c1cn(C2CCCCC2)cc(C(=O)NC(C)(C)C)c1=O. The molecule has 2 amide bonds. The van der Waals surface area contributed by atoms with Gasteiger partial charge in [-0.1, -0.05) is 19.3 Å². The van der Waals surface area contributed by atoms with Crippen molar-refractivity contribution in [2.75, 3.05) is 13.2 Å². The zero-order chi connectivity index (χ0) is 22.3. The second-order valence-electron chi connectivity index (χ2n) is 8.67. The summed E-state index contributed by atoms with van der Waals surface area (Å²) in [4.78, 5) is 49.9. The van der Waals surface area contributed by atoms with E-state index in [0.717, 1.165) is 32.1 Å². The van der Waals surface area contributed by atoms with Gasteiger partial charge in [-0.3, -0.25) is 19.2 Å². The van der Waals surface area contributed by atoms with Crippen LogP contribution in [0.25, 0.3) is 0 Å². The Morgan fingerprint density at radius 2 is 1.67 bits per heavy atom. The highest BCUT2D eigenvalue weighted by atomic mass is 16.5. The number of ether oxygens (including phenoxy) is 1. The number of carbonyl (C=O) groups is 3. The van der Waals surface area contributed by atoms with Gasteiger partial charge in [0.15, 0.2) is 0 Å². The zero-order valence-electron chi connectivity index (χ0n) is 18.4. The lowest BCUT2D eigenvalue weighted by molar-refractivity contribution is -0.142. The van der Waals surface area contributed by atoms with E-state index in [0.29, 0.717) is 0 Å². The van der Waals surface area contributed by atoms with Crippen molar-refractivity contribution in [3.05, 3.63) is 33.7 Å². The Balaban J connectivity index is 2.31. The predicted octanol–water partition coefficient (Wildman–Crippen LogP) is 2.56. The quantitative estimate of drug-likeness (QED) is 0.661. The Hall–Kier alpha value is -2.64. The van der Waals surface area contributed by atoms with Crippen LogP contribution < -0.4 is 16.1 Å². The van der Waals surface area contributed by atoms with Crippen LogP contribution in [0, 0.1) is 0 Å². The summed E-state index contributed by atoms with van der Waals surface area (Å²) in [7, 11) is 0. The lowest BCUT2D eigenvalue weighted by atomic mass is 9.95. The average molecular weight is 420 g/mol. The van der Waals surface area contributed by atoms with Crippen LogP contribution in [-0.2, 0) is 9.53 Å². The standard InChI is InChI=1S/C22H33N3O5/c1-5-30-18(26)11-12-23-20(28)16-13-25(15-9-7-6-8-10-15)14-17(19(16)27)21(29)24-22(2,3)4/h13-15H,5-12H2,1-4H3,(H,23,28)(H,24,29). The Kier molecular flexibility index (Phi) is 8.20. The molecule has 0 radical (unpaired) electrons. The number of carbonyl (C=O) groups excluding carboxylic acids is 3. The van der Waals surface area contributed by atoms with Crippen molar-refractivity contribution < 1.29 is 19.1 Å². The van der Waals surface area contributed by atoms with E-state index >= 15 is 0 Å². The summed E-state index contributed by atoms with van der Waals surface area (Å²) in [6.45, 7) is 7.52. The third-order valence-corrected chi connectivity index (χ3v) is 4.94. The summed E-state index contributed by atoms with van der Waals surface area (Å²) >= 11 is 0. The highest BCUT2D eigenvalue weighted by molar-refractivity contribution is 5.99. The molecule has 166 valence electrons. The third-order valence-electron chi connectivity index (χ3n) is 4.94. The third kappa shape index (κ3) is 6.71. The fraction of sp³-hybridized carbons (Fsp3) is 0.636. The molecule has 1 fully saturated rings. The fourth-order valence-corrected chi connectivity index (χ4v) is 3.53. The molecule has 1 aromatic heterocycles. The normalized spacial score (nSPS) is 14.8. The molecule has 30 heavy (non-hydrogen) atoms. The van der Waals surface area contributed by atoms with Gasteiger partial charge in [0, 0.05) is 30.5 Å². The van der Waals surface area contributed by atoms with E-state index in [1.165, 1.54) is 6.20 Å². The second kappa shape index (κ2) is 10.4. The molecule has 1 aliphatic rings. The van der Waals surface area contributed by atoms with E-state index in [9.17, 15) is 19.2 Å². The van der Waals surface area contributed by atoms with Crippen LogP contribution >= 0.6 is 0 Å². The zero-order valence-corrected chi connectivity index (χ0v) is 18.4. The number of nitrogens with zero attached hydrogens (tertiary/aromatic N) is 1. The molecule has 0 atom stereocenters. The van der Waals surface area contributed by atoms with Crippen molar-refractivity contribution in [1.29, 1.82) is 0 Å². The van der Waals surface area contributed by atoms with Gasteiger partial charge < -0.3 is 19.9 Å². The molecule has 0 spiro atoms. The van der Waals surface area contributed by atoms with Crippen molar-refractivity contribution >= 4 is 17.8 Å². The molecule has 0 aromatic carbocycles. The van der Waals surface area contributed by atoms with Crippen LogP contribution in [0.4, 0.5) is 0 Å². The minimum absolute atomic E-state index is 0.0145. The number of amides is 2. The minimum atomic E-state index is -0.613. The first-order valence-electron chi connectivity index (χ1n) is 10.6. The van der Waals surface area contributed by atoms with Crippen LogP contribution in [0.15, 0.2) is 17.2 Å². The van der Waals surface area contributed by atoms with Crippen LogP contribution in [0.5, 0.6) is 0 Å². The van der Waals surface area contributed by atoms with Crippen LogP contribution in [-0.4, -0.2) is 41.0 Å². The van der Waals surface area contributed by atoms with E-state index in [-0.39, 0.29) is 36.7 Å². The van der Waals surface area contributed by atoms with Gasteiger partial charge in [-0.05, 0) is 40.5 Å². The summed E-state index contributed by atoms with van der Waals surface area (Å²) in [5.41, 5.74) is -1.27. The lowest BCUT2D eigenvalue weighted by Crippen LogP contribution is -2.43. The van der Waals surface area contributed by atoms with Crippen molar-refractivity contribution in [3.8, 4) is 0 Å². The number of nitrogens with one attached hydrogen (secondary N) is 2. The molecule has 2 N–H and O–H groups in total. The Morgan fingerprint density at radius 1 is 1.07 bits per heavy atom. The summed E-state index contributed by atoms with van der Waals surface area (Å²) in [5, 5.41) is 5.39. The summed E-state index contributed by atoms with van der Waals surface area (Å²) in [5.74, 6) is -1.52. The molecule has 0 saturated heterocycles. The molecule has 0 aliphatic heterocycles. The highest BCUT2D eigenvalue weighted by Crippen LogP contribution is 2.28. The van der Waals surface area contributed by atoms with Crippen LogP contribution in [0.1, 0.15) is 93.0 Å². The average Bonchev–Trinajstić information content (AvgIpc) is 2.67. The first kappa shape index (κ1) is 23.6. The highest BCUT2D eigenvalue weighted by Gasteiger charge is 2.24. The summed E-state index contributed by atoms with van der Waals surface area (Å²) in [6.07, 6.45) is 8.29. The maximum absolute atomic E-state index is 12.9.